The monoisotopic (exact) mass is 508 g/mol. The number of carbonyl (C=O) groups excluding carboxylic acids is 1. The van der Waals surface area contributed by atoms with Gasteiger partial charge in [0.05, 0.1) is 12.9 Å². The Morgan fingerprint density at radius 3 is 2.45 bits per heavy atom. The summed E-state index contributed by atoms with van der Waals surface area (Å²) in [6, 6.07) is 0.413. The molecule has 2 aromatic rings. The normalized spacial score (nSPS) is 22.6. The summed E-state index contributed by atoms with van der Waals surface area (Å²) in [6.07, 6.45) is 2.14. The summed E-state index contributed by atoms with van der Waals surface area (Å²) < 4.78 is 100. The average molecular weight is 509 g/mol. The van der Waals surface area contributed by atoms with Crippen LogP contribution in [0.5, 0.6) is 5.75 Å². The second kappa shape index (κ2) is 8.00. The van der Waals surface area contributed by atoms with Gasteiger partial charge in [0.1, 0.15) is 4.90 Å². The molecule has 10 nitrogen and oxygen atoms in total. The number of halogens is 3. The van der Waals surface area contributed by atoms with E-state index in [0.29, 0.717) is 12.1 Å². The van der Waals surface area contributed by atoms with Gasteiger partial charge in [-0.15, -0.1) is 0 Å². The summed E-state index contributed by atoms with van der Waals surface area (Å²) in [5.74, 6) is -6.52. The van der Waals surface area contributed by atoms with Crippen molar-refractivity contribution in [2.24, 2.45) is 13.0 Å². The lowest BCUT2D eigenvalue weighted by Gasteiger charge is -2.23. The van der Waals surface area contributed by atoms with E-state index in [9.17, 15) is 34.8 Å². The van der Waals surface area contributed by atoms with Crippen LogP contribution in [-0.2, 0) is 27.1 Å². The lowest BCUT2D eigenvalue weighted by Crippen LogP contribution is -2.43. The molecule has 0 radical (unpaired) electrons. The molecule has 4 rings (SSSR count). The van der Waals surface area contributed by atoms with Crippen molar-refractivity contribution in [1.29, 1.82) is 0 Å². The highest BCUT2D eigenvalue weighted by Gasteiger charge is 2.43. The molecule has 0 unspecified atom stereocenters. The first-order valence-corrected chi connectivity index (χ1v) is 12.9. The Kier molecular flexibility index (Phi) is 5.71. The Balaban J connectivity index is 1.68. The van der Waals surface area contributed by atoms with E-state index < -0.39 is 61.1 Å². The molecule has 180 valence electrons. The largest absolute Gasteiger partial charge is 0.489 e. The molecule has 2 aliphatic heterocycles. The summed E-state index contributed by atoms with van der Waals surface area (Å²) in [5, 5.41) is 2.19. The van der Waals surface area contributed by atoms with Crippen molar-refractivity contribution in [2.45, 2.75) is 10.9 Å². The molecule has 3 heterocycles. The highest BCUT2D eigenvalue weighted by molar-refractivity contribution is 7.89. The molecular formula is C18H19F3N4O6S2. The second-order valence-electron chi connectivity index (χ2n) is 7.87. The summed E-state index contributed by atoms with van der Waals surface area (Å²) >= 11 is 0. The van der Waals surface area contributed by atoms with E-state index in [2.05, 4.69) is 10.0 Å². The molecule has 33 heavy (non-hydrogen) atoms. The standard InChI is InChI=1S/C18H19F3N4O6S2/c1-24-7-14-17(16(24)18(26)22-10-3-11(19)15(21)12(20)4-10)31-8-9-5-25(32(2,27)28)6-13(9)23-33(14,29)30/h3-4,7,9,13,23H,5-6,8H2,1-2H3,(H,22,26)/t9-,13-/m0/s1. The van der Waals surface area contributed by atoms with Crippen LogP contribution in [0.3, 0.4) is 0 Å². The van der Waals surface area contributed by atoms with Crippen LogP contribution in [0.4, 0.5) is 18.9 Å². The van der Waals surface area contributed by atoms with Gasteiger partial charge in [-0.25, -0.2) is 39.0 Å². The number of carbonyl (C=O) groups is 1. The number of fused-ring (bicyclic) bond motifs is 2. The number of nitrogens with zero attached hydrogens (tertiary/aromatic N) is 2. The Labute approximate surface area is 187 Å². The highest BCUT2D eigenvalue weighted by atomic mass is 32.2. The van der Waals surface area contributed by atoms with Crippen LogP contribution in [-0.4, -0.2) is 63.6 Å². The number of hydrogen-bond donors (Lipinski definition) is 2. The minimum atomic E-state index is -4.22. The summed E-state index contributed by atoms with van der Waals surface area (Å²) in [6.45, 7) is -0.149. The number of aromatic nitrogens is 1. The van der Waals surface area contributed by atoms with E-state index in [1.807, 2.05) is 0 Å². The topological polar surface area (TPSA) is 127 Å². The Morgan fingerprint density at radius 2 is 1.85 bits per heavy atom. The Morgan fingerprint density at radius 1 is 1.21 bits per heavy atom. The molecule has 1 fully saturated rings. The number of anilines is 1. The van der Waals surface area contributed by atoms with E-state index in [1.54, 1.807) is 0 Å². The van der Waals surface area contributed by atoms with Crippen molar-refractivity contribution in [3.8, 4) is 5.75 Å². The van der Waals surface area contributed by atoms with Crippen LogP contribution in [0, 0.1) is 23.4 Å². The summed E-state index contributed by atoms with van der Waals surface area (Å²) in [4.78, 5) is 12.5. The predicted octanol–water partition coefficient (Wildman–Crippen LogP) is 0.625. The Bertz CT molecular complexity index is 1340. The van der Waals surface area contributed by atoms with Crippen molar-refractivity contribution in [2.75, 3.05) is 31.3 Å². The Hall–Kier alpha value is -2.62. The van der Waals surface area contributed by atoms with Gasteiger partial charge in [-0.05, 0) is 0 Å². The first kappa shape index (κ1) is 23.5. The van der Waals surface area contributed by atoms with Gasteiger partial charge in [-0.1, -0.05) is 0 Å². The van der Waals surface area contributed by atoms with E-state index in [-0.39, 0.29) is 36.0 Å². The van der Waals surface area contributed by atoms with E-state index in [1.165, 1.54) is 11.6 Å². The fourth-order valence-electron chi connectivity index (χ4n) is 3.85. The third kappa shape index (κ3) is 4.32. The van der Waals surface area contributed by atoms with E-state index in [0.717, 1.165) is 16.8 Å². The first-order chi connectivity index (χ1) is 15.3. The number of nitrogens with one attached hydrogen (secondary N) is 2. The van der Waals surface area contributed by atoms with E-state index in [4.69, 9.17) is 4.74 Å². The maximum Gasteiger partial charge on any atom is 0.276 e. The van der Waals surface area contributed by atoms with Crippen LogP contribution >= 0.6 is 0 Å². The van der Waals surface area contributed by atoms with Crippen molar-refractivity contribution in [3.63, 3.8) is 0 Å². The zero-order valence-electron chi connectivity index (χ0n) is 17.3. The number of ether oxygens (including phenoxy) is 1. The van der Waals surface area contributed by atoms with Gasteiger partial charge in [0, 0.05) is 56.1 Å². The van der Waals surface area contributed by atoms with Gasteiger partial charge in [-0.2, -0.15) is 0 Å². The van der Waals surface area contributed by atoms with Gasteiger partial charge in [0.2, 0.25) is 20.0 Å². The predicted molar refractivity (Wildman–Crippen MR) is 109 cm³/mol. The molecule has 0 aliphatic carbocycles. The third-order valence-electron chi connectivity index (χ3n) is 5.47. The first-order valence-electron chi connectivity index (χ1n) is 9.53. The fourth-order valence-corrected chi connectivity index (χ4v) is 6.23. The zero-order chi connectivity index (χ0) is 24.3. The maximum absolute atomic E-state index is 13.5. The summed E-state index contributed by atoms with van der Waals surface area (Å²) in [5.41, 5.74) is -0.658. The molecule has 15 heteroatoms. The molecule has 2 aliphatic rings. The minimum absolute atomic E-state index is 0.0177. The zero-order valence-corrected chi connectivity index (χ0v) is 18.9. The van der Waals surface area contributed by atoms with Crippen molar-refractivity contribution in [3.05, 3.63) is 41.5 Å². The SMILES string of the molecule is Cn1cc2c(c1C(=O)Nc1cc(F)c(F)c(F)c1)OC[C@@H]1CN(S(C)(=O)=O)C[C@@H]1NS2(=O)=O. The van der Waals surface area contributed by atoms with E-state index >= 15 is 0 Å². The highest BCUT2D eigenvalue weighted by Crippen LogP contribution is 2.35. The van der Waals surface area contributed by atoms with Crippen LogP contribution in [0.2, 0.25) is 0 Å². The molecular weight excluding hydrogens is 489 g/mol. The number of aryl methyl sites for hydroxylation is 1. The third-order valence-corrected chi connectivity index (χ3v) is 8.19. The van der Waals surface area contributed by atoms with Gasteiger partial charge in [0.25, 0.3) is 5.91 Å². The van der Waals surface area contributed by atoms with Crippen molar-refractivity contribution >= 4 is 31.6 Å². The molecule has 0 saturated carbocycles. The van der Waals surface area contributed by atoms with Crippen LogP contribution < -0.4 is 14.8 Å². The number of amides is 1. The van der Waals surface area contributed by atoms with Crippen molar-refractivity contribution < 1.29 is 39.5 Å². The summed E-state index contributed by atoms with van der Waals surface area (Å²) in [7, 11) is -6.41. The molecule has 1 saturated heterocycles. The molecule has 2 atom stereocenters. The number of sulfonamides is 2. The number of hydrogen-bond acceptors (Lipinski definition) is 6. The number of rotatable bonds is 3. The van der Waals surface area contributed by atoms with Gasteiger partial charge in [0.15, 0.2) is 28.9 Å². The van der Waals surface area contributed by atoms with Gasteiger partial charge in [-0.3, -0.25) is 4.79 Å². The quantitative estimate of drug-likeness (QED) is 0.586. The molecule has 1 amide bonds. The fraction of sp³-hybridized carbons (Fsp3) is 0.389. The van der Waals surface area contributed by atoms with Gasteiger partial charge < -0.3 is 14.6 Å². The molecule has 1 aromatic heterocycles. The molecule has 0 spiro atoms. The molecule has 0 bridgehead atoms. The maximum atomic E-state index is 13.5. The van der Waals surface area contributed by atoms with Crippen LogP contribution in [0.1, 0.15) is 10.5 Å². The smallest absolute Gasteiger partial charge is 0.276 e. The second-order valence-corrected chi connectivity index (χ2v) is 11.5. The molecule has 1 aromatic carbocycles. The molecule has 2 N–H and O–H groups in total. The minimum Gasteiger partial charge on any atom is -0.489 e. The number of benzene rings is 1. The van der Waals surface area contributed by atoms with Crippen molar-refractivity contribution in [1.82, 2.24) is 13.6 Å². The lowest BCUT2D eigenvalue weighted by molar-refractivity contribution is 0.101. The average Bonchev–Trinajstić information content (AvgIpc) is 3.23. The van der Waals surface area contributed by atoms with Crippen LogP contribution in [0.25, 0.3) is 0 Å². The van der Waals surface area contributed by atoms with Gasteiger partial charge >= 0.3 is 0 Å². The lowest BCUT2D eigenvalue weighted by atomic mass is 10.1. The van der Waals surface area contributed by atoms with Crippen LogP contribution in [0.15, 0.2) is 23.2 Å².